The molecule has 0 aliphatic rings. The predicted octanol–water partition coefficient (Wildman–Crippen LogP) is 7.71. The summed E-state index contributed by atoms with van der Waals surface area (Å²) in [4.78, 5) is 15.9. The van der Waals surface area contributed by atoms with Gasteiger partial charge in [-0.2, -0.15) is 0 Å². The average molecular weight is 553 g/mol. The highest BCUT2D eigenvalue weighted by atomic mass is 32.2. The third kappa shape index (κ3) is 7.35. The van der Waals surface area contributed by atoms with Crippen LogP contribution in [0.15, 0.2) is 95.9 Å². The van der Waals surface area contributed by atoms with Crippen molar-refractivity contribution < 1.29 is 9.00 Å². The van der Waals surface area contributed by atoms with Crippen LogP contribution in [0.3, 0.4) is 0 Å². The van der Waals surface area contributed by atoms with Crippen LogP contribution < -0.4 is 4.72 Å². The van der Waals surface area contributed by atoms with Gasteiger partial charge in [0.15, 0.2) is 11.0 Å². The van der Waals surface area contributed by atoms with Gasteiger partial charge >= 0.3 is 0 Å². The molecule has 1 unspecified atom stereocenters. The molecular formula is C35H40N2O2S. The Bertz CT molecular complexity index is 1430. The molecule has 4 rings (SSSR count). The minimum atomic E-state index is -1.61. The first kappa shape index (κ1) is 29.4. The van der Waals surface area contributed by atoms with E-state index in [4.69, 9.17) is 0 Å². The molecule has 208 valence electrons. The minimum absolute atomic E-state index is 0.193. The second-order valence-electron chi connectivity index (χ2n) is 11.2. The Balaban J connectivity index is 1.58. The smallest absolute Gasteiger partial charge is 0.236 e. The van der Waals surface area contributed by atoms with Gasteiger partial charge in [-0.05, 0) is 82.6 Å². The molecule has 40 heavy (non-hydrogen) atoms. The van der Waals surface area contributed by atoms with E-state index in [1.165, 1.54) is 11.1 Å². The second kappa shape index (κ2) is 13.2. The molecule has 4 nitrogen and oxygen atoms in total. The van der Waals surface area contributed by atoms with Gasteiger partial charge in [0.25, 0.3) is 0 Å². The van der Waals surface area contributed by atoms with Crippen LogP contribution in [0.25, 0.3) is 22.3 Å². The van der Waals surface area contributed by atoms with Gasteiger partial charge in [0.05, 0.1) is 11.3 Å². The lowest BCUT2D eigenvalue weighted by atomic mass is 9.84. The van der Waals surface area contributed by atoms with E-state index < -0.39 is 11.0 Å². The van der Waals surface area contributed by atoms with Gasteiger partial charge in [-0.25, -0.2) is 4.21 Å². The van der Waals surface area contributed by atoms with E-state index in [0.29, 0.717) is 4.90 Å². The summed E-state index contributed by atoms with van der Waals surface area (Å²) in [5.74, 6) is 0.233. The lowest BCUT2D eigenvalue weighted by Crippen LogP contribution is -2.28. The van der Waals surface area contributed by atoms with Crippen LogP contribution in [-0.4, -0.2) is 29.1 Å². The third-order valence-electron chi connectivity index (χ3n) is 7.07. The summed E-state index contributed by atoms with van der Waals surface area (Å²) in [6.07, 6.45) is 0.193. The van der Waals surface area contributed by atoms with Crippen molar-refractivity contribution >= 4 is 16.9 Å². The molecule has 0 bridgehead atoms. The summed E-state index contributed by atoms with van der Waals surface area (Å²) >= 11 is 0. The Hall–Kier alpha value is -3.54. The van der Waals surface area contributed by atoms with Crippen molar-refractivity contribution in [1.29, 1.82) is 0 Å². The first-order valence-electron chi connectivity index (χ1n) is 13.9. The molecule has 0 saturated carbocycles. The van der Waals surface area contributed by atoms with Gasteiger partial charge in [-0.1, -0.05) is 107 Å². The molecule has 0 heterocycles. The van der Waals surface area contributed by atoms with Crippen LogP contribution in [0.2, 0.25) is 0 Å². The van der Waals surface area contributed by atoms with Crippen molar-refractivity contribution in [3.8, 4) is 22.3 Å². The number of rotatable bonds is 10. The van der Waals surface area contributed by atoms with E-state index >= 15 is 0 Å². The van der Waals surface area contributed by atoms with Gasteiger partial charge in [-0.15, -0.1) is 0 Å². The van der Waals surface area contributed by atoms with E-state index in [9.17, 15) is 9.00 Å². The van der Waals surface area contributed by atoms with E-state index in [1.807, 2.05) is 44.4 Å². The summed E-state index contributed by atoms with van der Waals surface area (Å²) in [6, 6.07) is 31.1. The topological polar surface area (TPSA) is 49.4 Å². The van der Waals surface area contributed by atoms with Crippen molar-refractivity contribution in [1.82, 2.24) is 9.62 Å². The van der Waals surface area contributed by atoms with Crippen LogP contribution >= 0.6 is 0 Å². The highest BCUT2D eigenvalue weighted by Gasteiger charge is 2.20. The Morgan fingerprint density at radius 3 is 1.73 bits per heavy atom. The van der Waals surface area contributed by atoms with Crippen LogP contribution in [-0.2, 0) is 28.7 Å². The molecule has 0 aromatic heterocycles. The van der Waals surface area contributed by atoms with Crippen LogP contribution in [0, 0.1) is 0 Å². The summed E-state index contributed by atoms with van der Waals surface area (Å²) in [5, 5.41) is 0. The molecule has 1 amide bonds. The molecule has 0 aliphatic carbocycles. The Kier molecular flexibility index (Phi) is 9.72. The molecule has 1 atom stereocenters. The highest BCUT2D eigenvalue weighted by Crippen LogP contribution is 2.35. The van der Waals surface area contributed by atoms with E-state index in [0.717, 1.165) is 39.9 Å². The van der Waals surface area contributed by atoms with Gasteiger partial charge in [0, 0.05) is 6.54 Å². The van der Waals surface area contributed by atoms with Crippen LogP contribution in [0.5, 0.6) is 0 Å². The number of carbonyl (C=O) groups is 1. The summed E-state index contributed by atoms with van der Waals surface area (Å²) < 4.78 is 15.7. The van der Waals surface area contributed by atoms with E-state index in [2.05, 4.69) is 98.0 Å². The van der Waals surface area contributed by atoms with Gasteiger partial charge in [0.1, 0.15) is 0 Å². The number of benzene rings is 4. The van der Waals surface area contributed by atoms with Gasteiger partial charge < -0.3 is 4.90 Å². The molecule has 0 spiro atoms. The predicted molar refractivity (Wildman–Crippen MR) is 168 cm³/mol. The maximum Gasteiger partial charge on any atom is 0.236 e. The standard InChI is InChI=1S/C35H40N2O2S/c1-24(2)32-20-30(29-16-14-28(15-17-29)27-10-8-7-9-11-27)21-33(25(3)4)34(32)22-35(38)36-40(39)31-18-12-26(13-19-31)23-37(5)6/h7-21,24-25H,22-23H2,1-6H3,(H,36,38). The Labute approximate surface area is 242 Å². The Morgan fingerprint density at radius 1 is 0.725 bits per heavy atom. The fourth-order valence-corrected chi connectivity index (χ4v) is 5.83. The zero-order valence-corrected chi connectivity index (χ0v) is 25.2. The van der Waals surface area contributed by atoms with Crippen molar-refractivity contribution in [2.75, 3.05) is 14.1 Å². The Morgan fingerprint density at radius 2 is 1.23 bits per heavy atom. The lowest BCUT2D eigenvalue weighted by Gasteiger charge is -2.22. The van der Waals surface area contributed by atoms with Crippen LogP contribution in [0.1, 0.15) is 61.8 Å². The summed E-state index contributed by atoms with van der Waals surface area (Å²) in [6.45, 7) is 9.46. The van der Waals surface area contributed by atoms with Crippen molar-refractivity contribution in [2.24, 2.45) is 0 Å². The molecule has 1 N–H and O–H groups in total. The highest BCUT2D eigenvalue weighted by molar-refractivity contribution is 7.83. The average Bonchev–Trinajstić information content (AvgIpc) is 2.93. The minimum Gasteiger partial charge on any atom is -0.305 e. The van der Waals surface area contributed by atoms with Crippen molar-refractivity contribution in [3.05, 3.63) is 113 Å². The van der Waals surface area contributed by atoms with Crippen molar-refractivity contribution in [2.45, 2.75) is 57.4 Å². The third-order valence-corrected chi connectivity index (χ3v) is 8.18. The van der Waals surface area contributed by atoms with Gasteiger partial charge in [-0.3, -0.25) is 9.52 Å². The molecule has 0 fully saturated rings. The van der Waals surface area contributed by atoms with Crippen molar-refractivity contribution in [3.63, 3.8) is 0 Å². The molecule has 4 aromatic carbocycles. The maximum atomic E-state index is 13.2. The monoisotopic (exact) mass is 552 g/mol. The molecule has 5 heteroatoms. The SMILES string of the molecule is CC(C)c1cc(-c2ccc(-c3ccccc3)cc2)cc(C(C)C)c1CC(=O)NS(=O)c1ccc(CN(C)C)cc1. The fourth-order valence-electron chi connectivity index (χ4n) is 5.05. The van der Waals surface area contributed by atoms with Gasteiger partial charge in [0.2, 0.25) is 5.91 Å². The maximum absolute atomic E-state index is 13.2. The number of nitrogens with one attached hydrogen (secondary N) is 1. The number of amides is 1. The quantitative estimate of drug-likeness (QED) is 0.219. The number of carbonyl (C=O) groups excluding carboxylic acids is 1. The number of hydrogen-bond acceptors (Lipinski definition) is 3. The summed E-state index contributed by atoms with van der Waals surface area (Å²) in [7, 11) is 2.41. The normalized spacial score (nSPS) is 12.2. The molecule has 0 saturated heterocycles. The number of nitrogens with zero attached hydrogens (tertiary/aromatic N) is 1. The lowest BCUT2D eigenvalue weighted by molar-refractivity contribution is -0.118. The first-order chi connectivity index (χ1) is 19.1. The fraction of sp³-hybridized carbons (Fsp3) is 0.286. The molecule has 0 radical (unpaired) electrons. The van der Waals surface area contributed by atoms with E-state index in [-0.39, 0.29) is 24.2 Å². The summed E-state index contributed by atoms with van der Waals surface area (Å²) in [5.41, 5.74) is 9.16. The molecule has 0 aliphatic heterocycles. The van der Waals surface area contributed by atoms with Crippen LogP contribution in [0.4, 0.5) is 0 Å². The largest absolute Gasteiger partial charge is 0.305 e. The second-order valence-corrected chi connectivity index (χ2v) is 12.5. The zero-order chi connectivity index (χ0) is 28.8. The number of hydrogen-bond donors (Lipinski definition) is 1. The zero-order valence-electron chi connectivity index (χ0n) is 24.4. The molecule has 4 aromatic rings. The first-order valence-corrected chi connectivity index (χ1v) is 15.0. The molecular weight excluding hydrogens is 512 g/mol. The van der Waals surface area contributed by atoms with E-state index in [1.54, 1.807) is 0 Å².